The monoisotopic (exact) mass is 457 g/mol. The van der Waals surface area contributed by atoms with E-state index in [-0.39, 0.29) is 0 Å². The summed E-state index contributed by atoms with van der Waals surface area (Å²) in [6.07, 6.45) is 17.3. The number of carbonyl (C=O) groups excluding carboxylic acids is 1. The summed E-state index contributed by atoms with van der Waals surface area (Å²) in [5, 5.41) is 27.5. The van der Waals surface area contributed by atoms with Crippen LogP contribution < -0.4 is 5.73 Å². The second-order valence-corrected chi connectivity index (χ2v) is 8.49. The number of rotatable bonds is 21. The third-order valence-corrected chi connectivity index (χ3v) is 5.31. The van der Waals surface area contributed by atoms with Gasteiger partial charge in [-0.1, -0.05) is 70.4 Å². The zero-order valence-corrected chi connectivity index (χ0v) is 19.6. The van der Waals surface area contributed by atoms with Crippen molar-refractivity contribution in [3.8, 4) is 0 Å². The van der Waals surface area contributed by atoms with Crippen LogP contribution in [0.2, 0.25) is 0 Å². The summed E-state index contributed by atoms with van der Waals surface area (Å²) in [6.45, 7) is 2.23. The van der Waals surface area contributed by atoms with Crippen LogP contribution in [0.15, 0.2) is 12.2 Å². The molecule has 0 bridgehead atoms. The summed E-state index contributed by atoms with van der Waals surface area (Å²) in [4.78, 5) is 33.5. The Bertz CT molecular complexity index is 565. The van der Waals surface area contributed by atoms with Gasteiger partial charge >= 0.3 is 17.9 Å². The largest absolute Gasteiger partial charge is 0.481 e. The molecule has 2 unspecified atom stereocenters. The molecule has 0 saturated heterocycles. The molecule has 0 aliphatic carbocycles. The van der Waals surface area contributed by atoms with Gasteiger partial charge in [0.1, 0.15) is 0 Å². The van der Waals surface area contributed by atoms with Crippen molar-refractivity contribution in [2.75, 3.05) is 0 Å². The fourth-order valence-electron chi connectivity index (χ4n) is 3.39. The number of aliphatic hydroxyl groups is 1. The molecule has 32 heavy (non-hydrogen) atoms. The number of nitrogens with two attached hydrogens (primary N) is 1. The fraction of sp³-hybridized carbons (Fsp3) is 0.792. The van der Waals surface area contributed by atoms with Crippen LogP contribution in [0.4, 0.5) is 0 Å². The first-order chi connectivity index (χ1) is 15.2. The van der Waals surface area contributed by atoms with Crippen molar-refractivity contribution in [2.24, 2.45) is 5.73 Å². The van der Waals surface area contributed by atoms with E-state index in [4.69, 9.17) is 20.7 Å². The quantitative estimate of drug-likeness (QED) is 0.0850. The molecule has 5 N–H and O–H groups in total. The van der Waals surface area contributed by atoms with Crippen LogP contribution in [0.3, 0.4) is 0 Å². The Labute approximate surface area is 192 Å². The second kappa shape index (κ2) is 18.6. The number of hydrogen-bond acceptors (Lipinski definition) is 6. The maximum Gasteiger partial charge on any atom is 0.336 e. The number of esters is 1. The number of aliphatic carboxylic acids is 2. The third kappa shape index (κ3) is 16.7. The summed E-state index contributed by atoms with van der Waals surface area (Å²) in [7, 11) is 0. The highest BCUT2D eigenvalue weighted by atomic mass is 16.6. The summed E-state index contributed by atoms with van der Waals surface area (Å²) < 4.78 is 4.91. The molecule has 8 nitrogen and oxygen atoms in total. The smallest absolute Gasteiger partial charge is 0.336 e. The molecule has 186 valence electrons. The standard InChI is InChI=1S/C24H43NO7/c1-2-3-4-5-6-7-8-9-10-11-12-13-14-15-16-17-20(25)32-22(28)19-24(31,23(29)30)18-21(26)27/h9-10,20,31H,2-8,11-19,25H2,1H3,(H,26,27)(H,29,30)/b10-9-. The van der Waals surface area contributed by atoms with Crippen molar-refractivity contribution in [3.63, 3.8) is 0 Å². The molecule has 0 saturated carbocycles. The second-order valence-electron chi connectivity index (χ2n) is 8.49. The number of unbranched alkanes of at least 4 members (excludes halogenated alkanes) is 11. The van der Waals surface area contributed by atoms with E-state index in [1.54, 1.807) is 0 Å². The maximum absolute atomic E-state index is 11.8. The normalized spacial score (nSPS) is 14.2. The lowest BCUT2D eigenvalue weighted by atomic mass is 9.96. The molecular weight excluding hydrogens is 414 g/mol. The summed E-state index contributed by atoms with van der Waals surface area (Å²) >= 11 is 0. The molecule has 2 atom stereocenters. The van der Waals surface area contributed by atoms with E-state index in [1.807, 2.05) is 0 Å². The van der Waals surface area contributed by atoms with Gasteiger partial charge in [0.25, 0.3) is 0 Å². The summed E-state index contributed by atoms with van der Waals surface area (Å²) in [5.74, 6) is -4.35. The molecule has 0 spiro atoms. The van der Waals surface area contributed by atoms with Crippen LogP contribution in [0.5, 0.6) is 0 Å². The Hall–Kier alpha value is -1.93. The Balaban J connectivity index is 3.73. The van der Waals surface area contributed by atoms with Gasteiger partial charge in [-0.2, -0.15) is 0 Å². The number of hydrogen-bond donors (Lipinski definition) is 4. The molecule has 0 aromatic rings. The number of ether oxygens (including phenoxy) is 1. The zero-order chi connectivity index (χ0) is 24.2. The highest BCUT2D eigenvalue weighted by Gasteiger charge is 2.41. The van der Waals surface area contributed by atoms with Gasteiger partial charge in [0, 0.05) is 0 Å². The van der Waals surface area contributed by atoms with Crippen LogP contribution >= 0.6 is 0 Å². The van der Waals surface area contributed by atoms with E-state index in [1.165, 1.54) is 44.9 Å². The number of allylic oxidation sites excluding steroid dienone is 2. The molecule has 0 heterocycles. The number of carbonyl (C=O) groups is 3. The molecule has 0 radical (unpaired) electrons. The Morgan fingerprint density at radius 1 is 0.844 bits per heavy atom. The molecule has 0 aromatic carbocycles. The van der Waals surface area contributed by atoms with Crippen molar-refractivity contribution in [1.29, 1.82) is 0 Å². The minimum Gasteiger partial charge on any atom is -0.481 e. The highest BCUT2D eigenvalue weighted by Crippen LogP contribution is 2.18. The zero-order valence-electron chi connectivity index (χ0n) is 19.6. The van der Waals surface area contributed by atoms with Crippen molar-refractivity contribution in [2.45, 2.75) is 121 Å². The van der Waals surface area contributed by atoms with Crippen LogP contribution in [-0.2, 0) is 19.1 Å². The van der Waals surface area contributed by atoms with E-state index in [9.17, 15) is 19.5 Å². The summed E-state index contributed by atoms with van der Waals surface area (Å²) in [6, 6.07) is 0. The van der Waals surface area contributed by atoms with E-state index in [0.29, 0.717) is 6.42 Å². The van der Waals surface area contributed by atoms with Crippen LogP contribution in [-0.4, -0.2) is 45.1 Å². The topological polar surface area (TPSA) is 147 Å². The molecular formula is C24H43NO7. The number of carboxylic acid groups (broad SMARTS) is 2. The van der Waals surface area contributed by atoms with Crippen LogP contribution in [0.1, 0.15) is 110 Å². The van der Waals surface area contributed by atoms with Gasteiger partial charge in [0.2, 0.25) is 0 Å². The predicted molar refractivity (Wildman–Crippen MR) is 123 cm³/mol. The van der Waals surface area contributed by atoms with Gasteiger partial charge in [-0.25, -0.2) is 4.79 Å². The van der Waals surface area contributed by atoms with Crippen molar-refractivity contribution in [3.05, 3.63) is 12.2 Å². The predicted octanol–water partition coefficient (Wildman–Crippen LogP) is 4.53. The summed E-state index contributed by atoms with van der Waals surface area (Å²) in [5.41, 5.74) is 3.02. The van der Waals surface area contributed by atoms with E-state index < -0.39 is 42.6 Å². The third-order valence-electron chi connectivity index (χ3n) is 5.31. The van der Waals surface area contributed by atoms with Gasteiger partial charge in [-0.05, 0) is 38.5 Å². The minimum atomic E-state index is -2.70. The molecule has 0 fully saturated rings. The van der Waals surface area contributed by atoms with E-state index in [2.05, 4.69) is 19.1 Å². The minimum absolute atomic E-state index is 0.425. The fourth-order valence-corrected chi connectivity index (χ4v) is 3.39. The lowest BCUT2D eigenvalue weighted by Crippen LogP contribution is -2.44. The van der Waals surface area contributed by atoms with Gasteiger partial charge in [-0.15, -0.1) is 0 Å². The Kier molecular flexibility index (Phi) is 17.5. The molecule has 0 amide bonds. The first kappa shape index (κ1) is 30.1. The number of carboxylic acids is 2. The lowest BCUT2D eigenvalue weighted by Gasteiger charge is -2.21. The molecule has 8 heteroatoms. The average Bonchev–Trinajstić information content (AvgIpc) is 2.69. The molecule has 0 rings (SSSR count). The van der Waals surface area contributed by atoms with Gasteiger partial charge in [0.15, 0.2) is 11.8 Å². The Morgan fingerprint density at radius 3 is 1.84 bits per heavy atom. The first-order valence-corrected chi connectivity index (χ1v) is 12.0. The van der Waals surface area contributed by atoms with E-state index in [0.717, 1.165) is 38.5 Å². The van der Waals surface area contributed by atoms with Gasteiger partial charge < -0.3 is 20.1 Å². The van der Waals surface area contributed by atoms with Crippen molar-refractivity contribution in [1.82, 2.24) is 0 Å². The van der Waals surface area contributed by atoms with E-state index >= 15 is 0 Å². The first-order valence-electron chi connectivity index (χ1n) is 12.0. The van der Waals surface area contributed by atoms with Gasteiger partial charge in [-0.3, -0.25) is 15.3 Å². The van der Waals surface area contributed by atoms with Crippen LogP contribution in [0, 0.1) is 0 Å². The van der Waals surface area contributed by atoms with Gasteiger partial charge in [0.05, 0.1) is 12.8 Å². The lowest BCUT2D eigenvalue weighted by molar-refractivity contribution is -0.173. The Morgan fingerprint density at radius 2 is 1.34 bits per heavy atom. The molecule has 0 aliphatic rings. The van der Waals surface area contributed by atoms with Crippen molar-refractivity contribution >= 4 is 17.9 Å². The van der Waals surface area contributed by atoms with Crippen LogP contribution in [0.25, 0.3) is 0 Å². The maximum atomic E-state index is 11.8. The average molecular weight is 458 g/mol. The SMILES string of the molecule is CCCCCCCC/C=C\CCCCCCCC(N)OC(=O)CC(O)(CC(=O)O)C(=O)O. The van der Waals surface area contributed by atoms with Crippen molar-refractivity contribution < 1.29 is 34.4 Å². The molecule has 0 aliphatic heterocycles. The highest BCUT2D eigenvalue weighted by molar-refractivity contribution is 5.88. The molecule has 0 aromatic heterocycles.